The number of carbonyl (C=O) groups is 2. The van der Waals surface area contributed by atoms with E-state index in [-0.39, 0.29) is 6.42 Å². The third-order valence-corrected chi connectivity index (χ3v) is 6.95. The van der Waals surface area contributed by atoms with Crippen LogP contribution >= 0.6 is 34.5 Å². The number of imidazole rings is 1. The third-order valence-electron chi connectivity index (χ3n) is 5.65. The molecule has 7 nitrogen and oxygen atoms in total. The number of hydrogen-bond donors (Lipinski definition) is 2. The fourth-order valence-corrected chi connectivity index (χ4v) is 5.02. The van der Waals surface area contributed by atoms with Crippen molar-refractivity contribution < 1.29 is 14.3 Å². The first-order valence-electron chi connectivity index (χ1n) is 11.4. The number of amides is 1. The Hall–Kier alpha value is -3.72. The van der Waals surface area contributed by atoms with Gasteiger partial charge in [-0.25, -0.2) is 14.8 Å². The zero-order valence-corrected chi connectivity index (χ0v) is 21.8. The Balaban J connectivity index is 1.32. The minimum Gasteiger partial charge on any atom is -0.449 e. The van der Waals surface area contributed by atoms with Crippen LogP contribution in [0.25, 0.3) is 33.7 Å². The molecule has 0 radical (unpaired) electrons. The lowest BCUT2D eigenvalue weighted by molar-refractivity contribution is -0.124. The van der Waals surface area contributed by atoms with Crippen molar-refractivity contribution in [3.63, 3.8) is 0 Å². The maximum Gasteiger partial charge on any atom is 0.339 e. The normalized spacial score (nSPS) is 11.9. The van der Waals surface area contributed by atoms with Crippen LogP contribution < -0.4 is 5.32 Å². The van der Waals surface area contributed by atoms with Gasteiger partial charge in [-0.2, -0.15) is 0 Å². The number of para-hydroxylation sites is 2. The van der Waals surface area contributed by atoms with Gasteiger partial charge in [0, 0.05) is 21.5 Å². The first-order valence-corrected chi connectivity index (χ1v) is 13.0. The van der Waals surface area contributed by atoms with Gasteiger partial charge in [0.05, 0.1) is 27.3 Å². The van der Waals surface area contributed by atoms with Crippen molar-refractivity contribution in [1.29, 1.82) is 0 Å². The second-order valence-electron chi connectivity index (χ2n) is 8.10. The largest absolute Gasteiger partial charge is 0.449 e. The number of thiazole rings is 1. The van der Waals surface area contributed by atoms with Gasteiger partial charge in [-0.15, -0.1) is 11.3 Å². The molecule has 0 fully saturated rings. The summed E-state index contributed by atoms with van der Waals surface area (Å²) < 4.78 is 5.63. The Labute approximate surface area is 226 Å². The van der Waals surface area contributed by atoms with Crippen LogP contribution in [0.15, 0.2) is 72.1 Å². The van der Waals surface area contributed by atoms with E-state index >= 15 is 0 Å². The van der Waals surface area contributed by atoms with Crippen LogP contribution in [0.2, 0.25) is 10.0 Å². The van der Waals surface area contributed by atoms with Crippen LogP contribution in [-0.2, 0) is 9.53 Å². The van der Waals surface area contributed by atoms with Crippen molar-refractivity contribution in [2.75, 3.05) is 5.32 Å². The molecule has 10 heteroatoms. The minimum absolute atomic E-state index is 0.283. The number of esters is 1. The molecule has 5 aromatic rings. The monoisotopic (exact) mass is 550 g/mol. The van der Waals surface area contributed by atoms with E-state index in [1.54, 1.807) is 48.7 Å². The summed E-state index contributed by atoms with van der Waals surface area (Å²) in [5.41, 5.74) is 3.84. The van der Waals surface area contributed by atoms with Crippen LogP contribution in [0.5, 0.6) is 0 Å². The molecule has 0 aliphatic heterocycles. The number of aromatic amines is 1. The van der Waals surface area contributed by atoms with E-state index in [1.807, 2.05) is 30.3 Å². The van der Waals surface area contributed by atoms with Crippen molar-refractivity contribution >= 4 is 62.6 Å². The zero-order valence-electron chi connectivity index (χ0n) is 19.5. The zero-order chi connectivity index (χ0) is 25.9. The lowest BCUT2D eigenvalue weighted by Crippen LogP contribution is -2.32. The quantitative estimate of drug-likeness (QED) is 0.208. The molecule has 1 unspecified atom stereocenters. The Bertz CT molecular complexity index is 1580. The number of hydrogen-bond acceptors (Lipinski definition) is 6. The minimum atomic E-state index is -1.01. The van der Waals surface area contributed by atoms with Crippen molar-refractivity contribution in [2.24, 2.45) is 0 Å². The number of carbonyl (C=O) groups excluding carboxylic acids is 2. The van der Waals surface area contributed by atoms with Crippen molar-refractivity contribution in [3.05, 3.63) is 87.7 Å². The predicted octanol–water partition coefficient (Wildman–Crippen LogP) is 7.23. The van der Waals surface area contributed by atoms with Gasteiger partial charge in [0.15, 0.2) is 11.2 Å². The molecule has 5 rings (SSSR count). The number of rotatable bonds is 7. The Morgan fingerprint density at radius 1 is 1.03 bits per heavy atom. The molecule has 3 aromatic carbocycles. The summed E-state index contributed by atoms with van der Waals surface area (Å²) in [6, 6.07) is 19.7. The van der Waals surface area contributed by atoms with Gasteiger partial charge in [0.25, 0.3) is 5.91 Å². The molecule has 0 spiro atoms. The van der Waals surface area contributed by atoms with Crippen LogP contribution in [0.4, 0.5) is 5.13 Å². The molecular formula is C27H20Cl2N4O3S. The highest BCUT2D eigenvalue weighted by atomic mass is 35.5. The number of benzene rings is 3. The Kier molecular flexibility index (Phi) is 7.23. The van der Waals surface area contributed by atoms with E-state index in [0.29, 0.717) is 43.4 Å². The third kappa shape index (κ3) is 5.36. The number of ether oxygens (including phenoxy) is 1. The Morgan fingerprint density at radius 2 is 1.81 bits per heavy atom. The lowest BCUT2D eigenvalue weighted by Gasteiger charge is -2.16. The first kappa shape index (κ1) is 25.0. The van der Waals surface area contributed by atoms with Crippen LogP contribution in [0.3, 0.4) is 0 Å². The molecule has 0 bridgehead atoms. The topological polar surface area (TPSA) is 97.0 Å². The van der Waals surface area contributed by atoms with Crippen LogP contribution in [0, 0.1) is 0 Å². The average Bonchev–Trinajstić information content (AvgIpc) is 3.54. The highest BCUT2D eigenvalue weighted by molar-refractivity contribution is 7.14. The van der Waals surface area contributed by atoms with E-state index in [1.165, 1.54) is 11.3 Å². The molecule has 2 aromatic heterocycles. The molecule has 37 heavy (non-hydrogen) atoms. The average molecular weight is 551 g/mol. The molecular weight excluding hydrogens is 531 g/mol. The second kappa shape index (κ2) is 10.7. The Morgan fingerprint density at radius 3 is 2.59 bits per heavy atom. The summed E-state index contributed by atoms with van der Waals surface area (Å²) in [4.78, 5) is 38.4. The van der Waals surface area contributed by atoms with Crippen molar-refractivity contribution in [1.82, 2.24) is 15.0 Å². The number of nitrogens with zero attached hydrogens (tertiary/aromatic N) is 2. The van der Waals surface area contributed by atoms with Gasteiger partial charge in [0.2, 0.25) is 0 Å². The van der Waals surface area contributed by atoms with Crippen molar-refractivity contribution in [2.45, 2.75) is 19.4 Å². The van der Waals surface area contributed by atoms with E-state index in [9.17, 15) is 9.59 Å². The summed E-state index contributed by atoms with van der Waals surface area (Å²) in [7, 11) is 0. The van der Waals surface area contributed by atoms with Crippen LogP contribution in [-0.4, -0.2) is 32.9 Å². The van der Waals surface area contributed by atoms with Gasteiger partial charge >= 0.3 is 5.97 Å². The first-order chi connectivity index (χ1) is 17.9. The summed E-state index contributed by atoms with van der Waals surface area (Å²) in [6.45, 7) is 1.77. The molecule has 1 amide bonds. The van der Waals surface area contributed by atoms with E-state index < -0.39 is 18.0 Å². The van der Waals surface area contributed by atoms with E-state index in [4.69, 9.17) is 27.9 Å². The predicted molar refractivity (Wildman–Crippen MR) is 147 cm³/mol. The summed E-state index contributed by atoms with van der Waals surface area (Å²) >= 11 is 13.5. The fraction of sp³-hybridized carbons (Fsp3) is 0.111. The SMILES string of the molecule is CCC(OC(=O)c1ccccc1-c1nc2ccccc2[nH]1)C(=O)Nc1nc(-c2ccc(Cl)cc2Cl)cs1. The smallest absolute Gasteiger partial charge is 0.339 e. The number of fused-ring (bicyclic) bond motifs is 1. The number of nitrogens with one attached hydrogen (secondary N) is 2. The number of anilines is 1. The van der Waals surface area contributed by atoms with Gasteiger partial charge in [-0.1, -0.05) is 60.5 Å². The highest BCUT2D eigenvalue weighted by Gasteiger charge is 2.25. The number of halogens is 2. The van der Waals surface area contributed by atoms with Gasteiger partial charge in [-0.05, 0) is 42.8 Å². The summed E-state index contributed by atoms with van der Waals surface area (Å²) in [5, 5.41) is 5.86. The lowest BCUT2D eigenvalue weighted by atomic mass is 10.1. The second-order valence-corrected chi connectivity index (χ2v) is 9.80. The standard InChI is InChI=1S/C27H20Cl2N4O3S/c1-2-23(25(34)33-27-32-22(14-37-27)18-12-11-15(28)13-19(18)29)36-26(35)17-8-4-3-7-16(17)24-30-20-9-5-6-10-21(20)31-24/h3-14,23H,2H2,1H3,(H,30,31)(H,32,33,34). The highest BCUT2D eigenvalue weighted by Crippen LogP contribution is 2.32. The maximum absolute atomic E-state index is 13.2. The summed E-state index contributed by atoms with van der Waals surface area (Å²) in [5.74, 6) is -0.548. The van der Waals surface area contributed by atoms with Gasteiger partial charge in [-0.3, -0.25) is 10.1 Å². The van der Waals surface area contributed by atoms with Crippen molar-refractivity contribution in [3.8, 4) is 22.6 Å². The number of aromatic nitrogens is 3. The molecule has 0 aliphatic rings. The van der Waals surface area contributed by atoms with Crippen LogP contribution in [0.1, 0.15) is 23.7 Å². The molecule has 1 atom stereocenters. The van der Waals surface area contributed by atoms with Gasteiger partial charge in [0.1, 0.15) is 5.82 Å². The van der Waals surface area contributed by atoms with Gasteiger partial charge < -0.3 is 9.72 Å². The fourth-order valence-electron chi connectivity index (χ4n) is 3.80. The summed E-state index contributed by atoms with van der Waals surface area (Å²) in [6.07, 6.45) is -0.728. The van der Waals surface area contributed by atoms with E-state index in [2.05, 4.69) is 20.3 Å². The molecule has 0 saturated heterocycles. The molecule has 2 heterocycles. The molecule has 2 N–H and O–H groups in total. The maximum atomic E-state index is 13.2. The molecule has 0 aliphatic carbocycles. The number of H-pyrrole nitrogens is 1. The van der Waals surface area contributed by atoms with E-state index in [0.717, 1.165) is 11.0 Å². The molecule has 0 saturated carbocycles. The molecule has 186 valence electrons.